The maximum absolute atomic E-state index is 13.0. The third kappa shape index (κ3) is 2.44. The van der Waals surface area contributed by atoms with E-state index in [1.807, 2.05) is 6.07 Å². The standard InChI is InChI=1S/C9H9FN2S/c10-8-2-1-3-9(7(8)6-12)13-5-4-11/h1-3H,4-5,11H2. The summed E-state index contributed by atoms with van der Waals surface area (Å²) in [5.41, 5.74) is 5.42. The highest BCUT2D eigenvalue weighted by molar-refractivity contribution is 7.99. The summed E-state index contributed by atoms with van der Waals surface area (Å²) < 4.78 is 13.0. The van der Waals surface area contributed by atoms with Crippen molar-refractivity contribution in [1.29, 1.82) is 5.26 Å². The summed E-state index contributed by atoms with van der Waals surface area (Å²) >= 11 is 1.40. The van der Waals surface area contributed by atoms with E-state index in [2.05, 4.69) is 0 Å². The summed E-state index contributed by atoms with van der Waals surface area (Å²) in [5, 5.41) is 8.66. The van der Waals surface area contributed by atoms with Gasteiger partial charge in [-0.15, -0.1) is 11.8 Å². The zero-order valence-corrected chi connectivity index (χ0v) is 7.77. The van der Waals surface area contributed by atoms with Crippen molar-refractivity contribution in [2.45, 2.75) is 4.90 Å². The second-order valence-corrected chi connectivity index (χ2v) is 3.50. The number of halogens is 1. The molecule has 0 atom stereocenters. The van der Waals surface area contributed by atoms with Crippen LogP contribution in [0.25, 0.3) is 0 Å². The Morgan fingerprint density at radius 1 is 1.54 bits per heavy atom. The lowest BCUT2D eigenvalue weighted by Gasteiger charge is -2.02. The van der Waals surface area contributed by atoms with Gasteiger partial charge >= 0.3 is 0 Å². The molecular weight excluding hydrogens is 187 g/mol. The summed E-state index contributed by atoms with van der Waals surface area (Å²) in [4.78, 5) is 0.660. The van der Waals surface area contributed by atoms with E-state index in [1.165, 1.54) is 17.8 Å². The third-order valence-electron chi connectivity index (χ3n) is 1.46. The van der Waals surface area contributed by atoms with E-state index in [9.17, 15) is 4.39 Å². The molecule has 0 heterocycles. The molecule has 4 heteroatoms. The zero-order valence-electron chi connectivity index (χ0n) is 6.96. The van der Waals surface area contributed by atoms with Crippen molar-refractivity contribution in [3.05, 3.63) is 29.6 Å². The second-order valence-electron chi connectivity index (χ2n) is 2.36. The number of thioether (sulfide) groups is 1. The number of hydrogen-bond donors (Lipinski definition) is 1. The maximum Gasteiger partial charge on any atom is 0.142 e. The Kier molecular flexibility index (Phi) is 3.74. The molecule has 0 aliphatic carbocycles. The predicted octanol–water partition coefficient (Wildman–Crippen LogP) is 1.75. The van der Waals surface area contributed by atoms with Crippen molar-refractivity contribution in [2.75, 3.05) is 12.3 Å². The van der Waals surface area contributed by atoms with Crippen LogP contribution >= 0.6 is 11.8 Å². The molecule has 0 spiro atoms. The van der Waals surface area contributed by atoms with Gasteiger partial charge in [-0.2, -0.15) is 5.26 Å². The number of hydrogen-bond acceptors (Lipinski definition) is 3. The zero-order chi connectivity index (χ0) is 9.68. The SMILES string of the molecule is N#Cc1c(F)cccc1SCCN. The van der Waals surface area contributed by atoms with Gasteiger partial charge in [0.2, 0.25) is 0 Å². The lowest BCUT2D eigenvalue weighted by molar-refractivity contribution is 0.620. The van der Waals surface area contributed by atoms with Gasteiger partial charge in [0.05, 0.1) is 0 Å². The van der Waals surface area contributed by atoms with E-state index in [1.54, 1.807) is 12.1 Å². The molecule has 68 valence electrons. The van der Waals surface area contributed by atoms with Gasteiger partial charge in [-0.25, -0.2) is 4.39 Å². The fourth-order valence-electron chi connectivity index (χ4n) is 0.902. The Labute approximate surface area is 80.5 Å². The molecular formula is C9H9FN2S. The molecule has 0 saturated carbocycles. The maximum atomic E-state index is 13.0. The monoisotopic (exact) mass is 196 g/mol. The first-order valence-corrected chi connectivity index (χ1v) is 4.79. The first kappa shape index (κ1) is 10.0. The van der Waals surface area contributed by atoms with Crippen LogP contribution in [-0.2, 0) is 0 Å². The lowest BCUT2D eigenvalue weighted by atomic mass is 10.2. The minimum atomic E-state index is -0.468. The van der Waals surface area contributed by atoms with Crippen molar-refractivity contribution in [1.82, 2.24) is 0 Å². The van der Waals surface area contributed by atoms with Crippen molar-refractivity contribution < 1.29 is 4.39 Å². The molecule has 2 N–H and O–H groups in total. The molecule has 1 aromatic carbocycles. The molecule has 0 amide bonds. The topological polar surface area (TPSA) is 49.8 Å². The molecule has 0 aliphatic rings. The molecule has 1 rings (SSSR count). The number of rotatable bonds is 3. The van der Waals surface area contributed by atoms with E-state index in [0.29, 0.717) is 17.2 Å². The van der Waals surface area contributed by atoms with Gasteiger partial charge in [-0.3, -0.25) is 0 Å². The minimum Gasteiger partial charge on any atom is -0.330 e. The van der Waals surface area contributed by atoms with Gasteiger partial charge in [0.1, 0.15) is 17.4 Å². The molecule has 0 radical (unpaired) electrons. The highest BCUT2D eigenvalue weighted by Gasteiger charge is 2.06. The first-order valence-electron chi connectivity index (χ1n) is 3.81. The van der Waals surface area contributed by atoms with E-state index >= 15 is 0 Å². The average Bonchev–Trinajstić information content (AvgIpc) is 2.15. The van der Waals surface area contributed by atoms with E-state index in [0.717, 1.165) is 0 Å². The number of nitrogens with zero attached hydrogens (tertiary/aromatic N) is 1. The van der Waals surface area contributed by atoms with Crippen LogP contribution in [0, 0.1) is 17.1 Å². The summed E-state index contributed by atoms with van der Waals surface area (Å²) in [6, 6.07) is 6.44. The Morgan fingerprint density at radius 2 is 2.31 bits per heavy atom. The molecule has 13 heavy (non-hydrogen) atoms. The van der Waals surface area contributed by atoms with Crippen LogP contribution in [0.5, 0.6) is 0 Å². The van der Waals surface area contributed by atoms with Gasteiger partial charge in [0, 0.05) is 17.2 Å². The largest absolute Gasteiger partial charge is 0.330 e. The minimum absolute atomic E-state index is 0.112. The Hall–Kier alpha value is -1.05. The molecule has 0 aromatic heterocycles. The summed E-state index contributed by atoms with van der Waals surface area (Å²) in [6.07, 6.45) is 0. The van der Waals surface area contributed by atoms with Crippen molar-refractivity contribution >= 4 is 11.8 Å². The van der Waals surface area contributed by atoms with E-state index < -0.39 is 5.82 Å². The molecule has 2 nitrogen and oxygen atoms in total. The van der Waals surface area contributed by atoms with Gasteiger partial charge in [-0.1, -0.05) is 6.07 Å². The lowest BCUT2D eigenvalue weighted by Crippen LogP contribution is -2.01. The second kappa shape index (κ2) is 4.85. The average molecular weight is 196 g/mol. The number of nitrogens with two attached hydrogens (primary N) is 1. The number of benzene rings is 1. The number of nitriles is 1. The summed E-state index contributed by atoms with van der Waals surface area (Å²) in [5.74, 6) is 0.225. The van der Waals surface area contributed by atoms with Crippen LogP contribution in [0.15, 0.2) is 23.1 Å². The Balaban J connectivity index is 2.93. The van der Waals surface area contributed by atoms with Gasteiger partial charge in [0.25, 0.3) is 0 Å². The van der Waals surface area contributed by atoms with Crippen LogP contribution in [0.2, 0.25) is 0 Å². The molecule has 0 unspecified atom stereocenters. The molecule has 1 aromatic rings. The predicted molar refractivity (Wildman–Crippen MR) is 50.9 cm³/mol. The normalized spacial score (nSPS) is 9.62. The molecule has 0 fully saturated rings. The van der Waals surface area contributed by atoms with Gasteiger partial charge in [0.15, 0.2) is 0 Å². The van der Waals surface area contributed by atoms with Gasteiger partial charge in [-0.05, 0) is 12.1 Å². The molecule has 0 aliphatic heterocycles. The Bertz CT molecular complexity index is 333. The smallest absolute Gasteiger partial charge is 0.142 e. The van der Waals surface area contributed by atoms with Gasteiger partial charge < -0.3 is 5.73 Å². The van der Waals surface area contributed by atoms with Crippen LogP contribution in [0.4, 0.5) is 4.39 Å². The van der Waals surface area contributed by atoms with E-state index in [4.69, 9.17) is 11.0 Å². The van der Waals surface area contributed by atoms with Crippen molar-refractivity contribution in [3.63, 3.8) is 0 Å². The highest BCUT2D eigenvalue weighted by atomic mass is 32.2. The Morgan fingerprint density at radius 3 is 2.92 bits per heavy atom. The van der Waals surface area contributed by atoms with Crippen LogP contribution in [0.3, 0.4) is 0 Å². The van der Waals surface area contributed by atoms with Crippen molar-refractivity contribution in [3.8, 4) is 6.07 Å². The summed E-state index contributed by atoms with van der Waals surface area (Å²) in [6.45, 7) is 0.520. The third-order valence-corrected chi connectivity index (χ3v) is 2.55. The van der Waals surface area contributed by atoms with E-state index in [-0.39, 0.29) is 5.56 Å². The summed E-state index contributed by atoms with van der Waals surface area (Å²) in [7, 11) is 0. The van der Waals surface area contributed by atoms with Crippen LogP contribution < -0.4 is 5.73 Å². The first-order chi connectivity index (χ1) is 6.29. The van der Waals surface area contributed by atoms with Crippen LogP contribution in [-0.4, -0.2) is 12.3 Å². The quantitative estimate of drug-likeness (QED) is 0.749. The highest BCUT2D eigenvalue weighted by Crippen LogP contribution is 2.23. The fraction of sp³-hybridized carbons (Fsp3) is 0.222. The molecule has 0 saturated heterocycles. The molecule has 0 bridgehead atoms. The van der Waals surface area contributed by atoms with Crippen LogP contribution in [0.1, 0.15) is 5.56 Å². The fourth-order valence-corrected chi connectivity index (χ4v) is 1.70. The van der Waals surface area contributed by atoms with Crippen molar-refractivity contribution in [2.24, 2.45) is 5.73 Å².